The molecule has 0 saturated carbocycles. The van der Waals surface area contributed by atoms with E-state index in [0.29, 0.717) is 5.56 Å². The molecule has 0 bridgehead atoms. The second kappa shape index (κ2) is 5.19. The number of hydrogen-bond donors (Lipinski definition) is 0. The van der Waals surface area contributed by atoms with Crippen LogP contribution in [0.4, 0.5) is 0 Å². The molecular formula is C16H14N4. The summed E-state index contributed by atoms with van der Waals surface area (Å²) in [4.78, 5) is 4.06. The molecule has 98 valence electrons. The van der Waals surface area contributed by atoms with Gasteiger partial charge in [-0.3, -0.25) is 0 Å². The predicted molar refractivity (Wildman–Crippen MR) is 73.5 cm³/mol. The van der Waals surface area contributed by atoms with Gasteiger partial charge in [0.1, 0.15) is 0 Å². The van der Waals surface area contributed by atoms with Gasteiger partial charge in [0.25, 0.3) is 0 Å². The van der Waals surface area contributed by atoms with E-state index in [-0.39, 0.29) is 11.8 Å². The van der Waals surface area contributed by atoms with Gasteiger partial charge in [-0.1, -0.05) is 6.07 Å². The maximum atomic E-state index is 9.39. The van der Waals surface area contributed by atoms with Crippen LogP contribution in [0.25, 0.3) is 0 Å². The van der Waals surface area contributed by atoms with E-state index in [1.807, 2.05) is 29.0 Å². The maximum absolute atomic E-state index is 9.39. The maximum Gasteiger partial charge on any atom is 0.0991 e. The van der Waals surface area contributed by atoms with E-state index in [0.717, 1.165) is 19.4 Å². The Labute approximate surface area is 117 Å². The molecule has 4 heteroatoms. The summed E-state index contributed by atoms with van der Waals surface area (Å²) in [5.41, 5.74) is 3.11. The zero-order valence-electron chi connectivity index (χ0n) is 11.0. The number of fused-ring (bicyclic) bond motifs is 1. The minimum Gasteiger partial charge on any atom is -0.337 e. The number of hydrogen-bond acceptors (Lipinski definition) is 3. The van der Waals surface area contributed by atoms with Crippen molar-refractivity contribution in [2.45, 2.75) is 25.3 Å². The molecule has 0 aliphatic heterocycles. The quantitative estimate of drug-likeness (QED) is 0.835. The number of imidazole rings is 1. The Balaban J connectivity index is 1.98. The van der Waals surface area contributed by atoms with Crippen molar-refractivity contribution in [2.24, 2.45) is 5.92 Å². The van der Waals surface area contributed by atoms with Crippen LogP contribution in [-0.4, -0.2) is 9.55 Å². The highest BCUT2D eigenvalue weighted by molar-refractivity contribution is 5.42. The van der Waals surface area contributed by atoms with Gasteiger partial charge in [0.2, 0.25) is 0 Å². The SMILES string of the molecule is N#Cc1ccc2c(c1)CCC(C#N)C2Cn1ccnc1. The molecule has 2 atom stereocenters. The molecule has 0 saturated heterocycles. The molecule has 2 unspecified atom stereocenters. The lowest BCUT2D eigenvalue weighted by Crippen LogP contribution is -2.23. The summed E-state index contributed by atoms with van der Waals surface area (Å²) in [6.45, 7) is 0.761. The molecule has 1 aromatic carbocycles. The molecule has 1 aromatic heterocycles. The van der Waals surface area contributed by atoms with Gasteiger partial charge in [0.15, 0.2) is 0 Å². The Bertz CT molecular complexity index is 688. The summed E-state index contributed by atoms with van der Waals surface area (Å²) in [5.74, 6) is 0.198. The van der Waals surface area contributed by atoms with Crippen molar-refractivity contribution >= 4 is 0 Å². The zero-order chi connectivity index (χ0) is 13.9. The summed E-state index contributed by atoms with van der Waals surface area (Å²) in [7, 11) is 0. The lowest BCUT2D eigenvalue weighted by Gasteiger charge is -2.30. The largest absolute Gasteiger partial charge is 0.337 e. The average Bonchev–Trinajstić information content (AvgIpc) is 3.00. The third-order valence-corrected chi connectivity index (χ3v) is 4.01. The second-order valence-electron chi connectivity index (χ2n) is 5.17. The van der Waals surface area contributed by atoms with Crippen LogP contribution in [-0.2, 0) is 13.0 Å². The summed E-state index contributed by atoms with van der Waals surface area (Å²) in [6, 6.07) is 10.4. The van der Waals surface area contributed by atoms with Crippen LogP contribution in [0.1, 0.15) is 29.0 Å². The Kier molecular flexibility index (Phi) is 3.23. The van der Waals surface area contributed by atoms with Gasteiger partial charge < -0.3 is 4.57 Å². The van der Waals surface area contributed by atoms with Crippen molar-refractivity contribution < 1.29 is 0 Å². The molecule has 4 nitrogen and oxygen atoms in total. The smallest absolute Gasteiger partial charge is 0.0991 e. The highest BCUT2D eigenvalue weighted by Gasteiger charge is 2.29. The lowest BCUT2D eigenvalue weighted by atomic mass is 9.75. The van der Waals surface area contributed by atoms with Crippen LogP contribution in [0.15, 0.2) is 36.9 Å². The molecule has 1 heterocycles. The Morgan fingerprint density at radius 2 is 2.25 bits per heavy atom. The molecule has 0 radical (unpaired) electrons. The molecule has 3 rings (SSSR count). The average molecular weight is 262 g/mol. The van der Waals surface area contributed by atoms with Crippen LogP contribution in [0, 0.1) is 28.6 Å². The van der Waals surface area contributed by atoms with Gasteiger partial charge in [-0.05, 0) is 36.1 Å². The highest BCUT2D eigenvalue weighted by atomic mass is 15.0. The van der Waals surface area contributed by atoms with Crippen LogP contribution >= 0.6 is 0 Å². The van der Waals surface area contributed by atoms with E-state index in [4.69, 9.17) is 5.26 Å². The van der Waals surface area contributed by atoms with Gasteiger partial charge >= 0.3 is 0 Å². The van der Waals surface area contributed by atoms with E-state index in [1.165, 1.54) is 11.1 Å². The van der Waals surface area contributed by atoms with E-state index >= 15 is 0 Å². The summed E-state index contributed by atoms with van der Waals surface area (Å²) in [5, 5.41) is 18.4. The van der Waals surface area contributed by atoms with Crippen LogP contribution in [0.5, 0.6) is 0 Å². The van der Waals surface area contributed by atoms with Crippen molar-refractivity contribution in [2.75, 3.05) is 0 Å². The van der Waals surface area contributed by atoms with Crippen molar-refractivity contribution in [1.29, 1.82) is 10.5 Å². The van der Waals surface area contributed by atoms with E-state index in [9.17, 15) is 5.26 Å². The molecule has 1 aliphatic rings. The minimum atomic E-state index is 0.0258. The van der Waals surface area contributed by atoms with Gasteiger partial charge in [-0.2, -0.15) is 10.5 Å². The van der Waals surface area contributed by atoms with Crippen molar-refractivity contribution in [3.05, 3.63) is 53.6 Å². The van der Waals surface area contributed by atoms with E-state index in [2.05, 4.69) is 17.1 Å². The third-order valence-electron chi connectivity index (χ3n) is 4.01. The minimum absolute atomic E-state index is 0.0258. The van der Waals surface area contributed by atoms with Gasteiger partial charge in [0.05, 0.1) is 29.9 Å². The number of rotatable bonds is 2. The second-order valence-corrected chi connectivity index (χ2v) is 5.17. The molecular weight excluding hydrogens is 248 g/mol. The van der Waals surface area contributed by atoms with Crippen LogP contribution in [0.2, 0.25) is 0 Å². The highest BCUT2D eigenvalue weighted by Crippen LogP contribution is 2.37. The lowest BCUT2D eigenvalue weighted by molar-refractivity contribution is 0.405. The van der Waals surface area contributed by atoms with Crippen LogP contribution in [0.3, 0.4) is 0 Å². The Morgan fingerprint density at radius 1 is 1.35 bits per heavy atom. The fourth-order valence-electron chi connectivity index (χ4n) is 2.98. The topological polar surface area (TPSA) is 65.4 Å². The first-order valence-corrected chi connectivity index (χ1v) is 6.70. The number of benzene rings is 1. The number of aryl methyl sites for hydroxylation is 1. The standard InChI is InChI=1S/C16H14N4/c17-8-12-1-4-15-13(7-12)2-3-14(9-18)16(15)10-20-6-5-19-11-20/h1,4-7,11,14,16H,2-3,10H2. The molecule has 0 spiro atoms. The summed E-state index contributed by atoms with van der Waals surface area (Å²) in [6.07, 6.45) is 7.20. The monoisotopic (exact) mass is 262 g/mol. The molecule has 20 heavy (non-hydrogen) atoms. The van der Waals surface area contributed by atoms with Gasteiger partial charge in [-0.15, -0.1) is 0 Å². The van der Waals surface area contributed by atoms with E-state index in [1.54, 1.807) is 12.5 Å². The normalized spacial score (nSPS) is 20.7. The Morgan fingerprint density at radius 3 is 2.95 bits per heavy atom. The molecule has 0 amide bonds. The fourth-order valence-corrected chi connectivity index (χ4v) is 2.98. The predicted octanol–water partition coefficient (Wildman–Crippen LogP) is 2.62. The molecule has 0 fully saturated rings. The Hall–Kier alpha value is -2.59. The van der Waals surface area contributed by atoms with Gasteiger partial charge in [-0.25, -0.2) is 4.98 Å². The third kappa shape index (κ3) is 2.17. The number of nitriles is 2. The summed E-state index contributed by atoms with van der Waals surface area (Å²) < 4.78 is 2.02. The summed E-state index contributed by atoms with van der Waals surface area (Å²) >= 11 is 0. The fraction of sp³-hybridized carbons (Fsp3) is 0.312. The number of nitrogens with zero attached hydrogens (tertiary/aromatic N) is 4. The zero-order valence-corrected chi connectivity index (χ0v) is 11.0. The molecule has 0 N–H and O–H groups in total. The first-order valence-electron chi connectivity index (χ1n) is 6.70. The van der Waals surface area contributed by atoms with E-state index < -0.39 is 0 Å². The van der Waals surface area contributed by atoms with Crippen molar-refractivity contribution in [3.63, 3.8) is 0 Å². The van der Waals surface area contributed by atoms with Crippen molar-refractivity contribution in [1.82, 2.24) is 9.55 Å². The van der Waals surface area contributed by atoms with Crippen LogP contribution < -0.4 is 0 Å². The molecule has 2 aromatic rings. The first-order chi connectivity index (χ1) is 9.81. The van der Waals surface area contributed by atoms with Crippen molar-refractivity contribution in [3.8, 4) is 12.1 Å². The molecule has 1 aliphatic carbocycles. The van der Waals surface area contributed by atoms with Gasteiger partial charge in [0, 0.05) is 24.9 Å². The first kappa shape index (κ1) is 12.4. The number of aromatic nitrogens is 2.